The zero-order valence-electron chi connectivity index (χ0n) is 13.4. The van der Waals surface area contributed by atoms with Crippen molar-refractivity contribution in [2.45, 2.75) is 31.8 Å². The molecule has 2 heterocycles. The van der Waals surface area contributed by atoms with E-state index in [4.69, 9.17) is 4.74 Å². The summed E-state index contributed by atoms with van der Waals surface area (Å²) in [5.74, 6) is -0.416. The molecule has 0 bridgehead atoms. The van der Waals surface area contributed by atoms with Crippen LogP contribution < -0.4 is 5.32 Å². The summed E-state index contributed by atoms with van der Waals surface area (Å²) in [7, 11) is 0. The van der Waals surface area contributed by atoms with Gasteiger partial charge in [-0.2, -0.15) is 0 Å². The van der Waals surface area contributed by atoms with Gasteiger partial charge >= 0.3 is 0 Å². The number of pyridine rings is 1. The van der Waals surface area contributed by atoms with Gasteiger partial charge in [-0.3, -0.25) is 9.78 Å². The van der Waals surface area contributed by atoms with Gasteiger partial charge < -0.3 is 10.1 Å². The third-order valence-electron chi connectivity index (χ3n) is 4.18. The van der Waals surface area contributed by atoms with Crippen molar-refractivity contribution in [3.05, 3.63) is 65.5 Å². The highest BCUT2D eigenvalue weighted by atomic mass is 16.5. The summed E-state index contributed by atoms with van der Waals surface area (Å²) in [6.45, 7) is 3.40. The summed E-state index contributed by atoms with van der Waals surface area (Å²) >= 11 is 0. The van der Waals surface area contributed by atoms with E-state index in [1.165, 1.54) is 5.56 Å². The van der Waals surface area contributed by atoms with Crippen molar-refractivity contribution in [1.82, 2.24) is 10.3 Å². The molecule has 1 aromatic heterocycles. The second kappa shape index (κ2) is 7.38. The van der Waals surface area contributed by atoms with Crippen LogP contribution in [0.3, 0.4) is 0 Å². The van der Waals surface area contributed by atoms with Gasteiger partial charge in [0.2, 0.25) is 5.91 Å². The van der Waals surface area contributed by atoms with E-state index in [0.29, 0.717) is 6.54 Å². The molecular formula is C19H22N2O2. The second-order valence-electron chi connectivity index (χ2n) is 5.98. The highest BCUT2D eigenvalue weighted by molar-refractivity contribution is 5.86. The number of hydrogen-bond donors (Lipinski definition) is 1. The fourth-order valence-electron chi connectivity index (χ4n) is 2.88. The van der Waals surface area contributed by atoms with Gasteiger partial charge in [0, 0.05) is 19.3 Å². The summed E-state index contributed by atoms with van der Waals surface area (Å²) in [6.07, 6.45) is 3.95. The minimum Gasteiger partial charge on any atom is -0.376 e. The van der Waals surface area contributed by atoms with Crippen LogP contribution in [0.15, 0.2) is 48.7 Å². The predicted molar refractivity (Wildman–Crippen MR) is 89.2 cm³/mol. The van der Waals surface area contributed by atoms with Crippen LogP contribution in [0.1, 0.15) is 35.6 Å². The molecule has 2 atom stereocenters. The number of amides is 1. The average Bonchev–Trinajstić information content (AvgIpc) is 3.09. The number of nitrogens with one attached hydrogen (secondary N) is 1. The van der Waals surface area contributed by atoms with Crippen molar-refractivity contribution in [2.75, 3.05) is 13.2 Å². The lowest BCUT2D eigenvalue weighted by Crippen LogP contribution is -2.36. The van der Waals surface area contributed by atoms with Crippen LogP contribution in [0, 0.1) is 6.92 Å². The van der Waals surface area contributed by atoms with Crippen molar-refractivity contribution in [3.8, 4) is 0 Å². The smallest absolute Gasteiger partial charge is 0.233 e. The summed E-state index contributed by atoms with van der Waals surface area (Å²) in [5.41, 5.74) is 2.90. The zero-order chi connectivity index (χ0) is 16.1. The minimum atomic E-state index is -0.391. The number of ether oxygens (including phenoxy) is 1. The van der Waals surface area contributed by atoms with E-state index >= 15 is 0 Å². The van der Waals surface area contributed by atoms with Crippen molar-refractivity contribution >= 4 is 5.91 Å². The first-order valence-corrected chi connectivity index (χ1v) is 8.11. The molecule has 0 saturated carbocycles. The number of aromatic nitrogens is 1. The van der Waals surface area contributed by atoms with Crippen LogP contribution in [0.5, 0.6) is 0 Å². The fourth-order valence-corrected chi connectivity index (χ4v) is 2.88. The van der Waals surface area contributed by atoms with Gasteiger partial charge in [-0.1, -0.05) is 35.9 Å². The van der Waals surface area contributed by atoms with Crippen LogP contribution in [-0.4, -0.2) is 30.1 Å². The summed E-state index contributed by atoms with van der Waals surface area (Å²) in [5, 5.41) is 3.03. The van der Waals surface area contributed by atoms with Crippen molar-refractivity contribution in [2.24, 2.45) is 0 Å². The summed E-state index contributed by atoms with van der Waals surface area (Å²) < 4.78 is 5.58. The quantitative estimate of drug-likeness (QED) is 0.924. The Morgan fingerprint density at radius 3 is 2.78 bits per heavy atom. The van der Waals surface area contributed by atoms with E-state index in [1.54, 1.807) is 6.20 Å². The Hall–Kier alpha value is -2.20. The molecule has 2 aromatic rings. The third kappa shape index (κ3) is 3.96. The molecule has 1 aliphatic heterocycles. The molecule has 23 heavy (non-hydrogen) atoms. The highest BCUT2D eigenvalue weighted by Crippen LogP contribution is 2.24. The molecule has 1 amide bonds. The van der Waals surface area contributed by atoms with E-state index in [1.807, 2.05) is 49.4 Å². The van der Waals surface area contributed by atoms with Gasteiger partial charge in [-0.05, 0) is 37.5 Å². The molecule has 0 aliphatic carbocycles. The first-order chi connectivity index (χ1) is 11.2. The van der Waals surface area contributed by atoms with Gasteiger partial charge in [0.1, 0.15) is 5.92 Å². The van der Waals surface area contributed by atoms with Gasteiger partial charge in [0.25, 0.3) is 0 Å². The average molecular weight is 310 g/mol. The largest absolute Gasteiger partial charge is 0.376 e. The SMILES string of the molecule is Cc1ccc(C(C(=O)NCC2CCCO2)c2ccccn2)cc1. The lowest BCUT2D eigenvalue weighted by Gasteiger charge is -2.18. The topological polar surface area (TPSA) is 51.2 Å². The molecule has 1 aliphatic rings. The van der Waals surface area contributed by atoms with E-state index in [-0.39, 0.29) is 12.0 Å². The Labute approximate surface area is 136 Å². The first-order valence-electron chi connectivity index (χ1n) is 8.11. The van der Waals surface area contributed by atoms with Gasteiger partial charge in [-0.25, -0.2) is 0 Å². The molecule has 1 fully saturated rings. The van der Waals surface area contributed by atoms with Gasteiger partial charge in [0.15, 0.2) is 0 Å². The van der Waals surface area contributed by atoms with Gasteiger partial charge in [0.05, 0.1) is 11.8 Å². The van der Waals surface area contributed by atoms with E-state index in [0.717, 1.165) is 30.7 Å². The van der Waals surface area contributed by atoms with Crippen molar-refractivity contribution in [1.29, 1.82) is 0 Å². The molecule has 1 saturated heterocycles. The van der Waals surface area contributed by atoms with Crippen LogP contribution in [0.4, 0.5) is 0 Å². The molecule has 1 N–H and O–H groups in total. The molecule has 3 rings (SSSR count). The first kappa shape index (κ1) is 15.7. The van der Waals surface area contributed by atoms with Crippen LogP contribution in [0.2, 0.25) is 0 Å². The Bertz CT molecular complexity index is 634. The molecule has 4 heteroatoms. The number of nitrogens with zero attached hydrogens (tertiary/aromatic N) is 1. The summed E-state index contributed by atoms with van der Waals surface area (Å²) in [6, 6.07) is 13.7. The number of hydrogen-bond acceptors (Lipinski definition) is 3. The van der Waals surface area contributed by atoms with Crippen LogP contribution in [0.25, 0.3) is 0 Å². The second-order valence-corrected chi connectivity index (χ2v) is 5.98. The maximum atomic E-state index is 12.8. The van der Waals surface area contributed by atoms with Crippen LogP contribution >= 0.6 is 0 Å². The molecule has 120 valence electrons. The Kier molecular flexibility index (Phi) is 5.03. The Morgan fingerprint density at radius 1 is 1.30 bits per heavy atom. The fraction of sp³-hybridized carbons (Fsp3) is 0.368. The Morgan fingerprint density at radius 2 is 2.13 bits per heavy atom. The van der Waals surface area contributed by atoms with Crippen LogP contribution in [-0.2, 0) is 9.53 Å². The lowest BCUT2D eigenvalue weighted by atomic mass is 9.93. The predicted octanol–water partition coefficient (Wildman–Crippen LogP) is 2.82. The normalized spacial score (nSPS) is 18.6. The van der Waals surface area contributed by atoms with Gasteiger partial charge in [-0.15, -0.1) is 0 Å². The number of aryl methyl sites for hydroxylation is 1. The summed E-state index contributed by atoms with van der Waals surface area (Å²) in [4.78, 5) is 17.2. The monoisotopic (exact) mass is 310 g/mol. The lowest BCUT2D eigenvalue weighted by molar-refractivity contribution is -0.122. The standard InChI is InChI=1S/C19H22N2O2/c1-14-7-9-15(10-8-14)18(17-6-2-3-11-20-17)19(22)21-13-16-5-4-12-23-16/h2-3,6-11,16,18H,4-5,12-13H2,1H3,(H,21,22). The number of carbonyl (C=O) groups is 1. The zero-order valence-corrected chi connectivity index (χ0v) is 13.4. The third-order valence-corrected chi connectivity index (χ3v) is 4.18. The molecule has 0 spiro atoms. The number of carbonyl (C=O) groups excluding carboxylic acids is 1. The maximum Gasteiger partial charge on any atom is 0.233 e. The number of rotatable bonds is 5. The molecule has 0 radical (unpaired) electrons. The minimum absolute atomic E-state index is 0.0250. The number of benzene rings is 1. The Balaban J connectivity index is 1.79. The molecule has 4 nitrogen and oxygen atoms in total. The van der Waals surface area contributed by atoms with E-state index in [2.05, 4.69) is 10.3 Å². The molecule has 2 unspecified atom stereocenters. The highest BCUT2D eigenvalue weighted by Gasteiger charge is 2.25. The molecular weight excluding hydrogens is 288 g/mol. The van der Waals surface area contributed by atoms with Crippen molar-refractivity contribution in [3.63, 3.8) is 0 Å². The maximum absolute atomic E-state index is 12.8. The molecule has 1 aromatic carbocycles. The van der Waals surface area contributed by atoms with E-state index in [9.17, 15) is 4.79 Å². The van der Waals surface area contributed by atoms with Crippen molar-refractivity contribution < 1.29 is 9.53 Å². The van der Waals surface area contributed by atoms with E-state index < -0.39 is 5.92 Å².